The molecule has 2 aromatic carbocycles. The molecular weight excluding hydrogens is 370 g/mol. The topological polar surface area (TPSA) is 18.5 Å². The summed E-state index contributed by atoms with van der Waals surface area (Å²) in [5.41, 5.74) is 5.19. The number of benzene rings is 2. The summed E-state index contributed by atoms with van der Waals surface area (Å²) in [4.78, 5) is 0. The largest absolute Gasteiger partial charge is 0.485 e. The van der Waals surface area contributed by atoms with Gasteiger partial charge in [0.1, 0.15) is 0 Å². The third-order valence-corrected chi connectivity index (χ3v) is 6.67. The van der Waals surface area contributed by atoms with E-state index in [-0.39, 0.29) is 19.1 Å². The van der Waals surface area contributed by atoms with Crippen molar-refractivity contribution in [2.24, 2.45) is 17.8 Å². The van der Waals surface area contributed by atoms with E-state index in [2.05, 4.69) is 64.9 Å². The highest BCUT2D eigenvalue weighted by Gasteiger charge is 2.41. The molecule has 1 saturated carbocycles. The third kappa shape index (κ3) is 5.43. The Morgan fingerprint density at radius 2 is 1.34 bits per heavy atom. The van der Waals surface area contributed by atoms with Gasteiger partial charge in [-0.05, 0) is 61.1 Å². The van der Waals surface area contributed by atoms with Gasteiger partial charge in [0.25, 0.3) is 0 Å². The monoisotopic (exact) mass is 400 g/mol. The summed E-state index contributed by atoms with van der Waals surface area (Å²) in [5, 5.41) is 0. The highest BCUT2D eigenvalue weighted by Crippen LogP contribution is 2.38. The Labute approximate surface area is 172 Å². The van der Waals surface area contributed by atoms with Crippen molar-refractivity contribution in [1.82, 2.24) is 0 Å². The molecule has 1 aliphatic heterocycles. The predicted octanol–water partition coefficient (Wildman–Crippen LogP) is 6.61. The molecule has 0 atom stereocenters. The van der Waals surface area contributed by atoms with Crippen molar-refractivity contribution < 1.29 is 18.3 Å². The van der Waals surface area contributed by atoms with Crippen LogP contribution in [-0.2, 0) is 15.9 Å². The molecule has 0 spiro atoms. The number of ether oxygens (including phenoxy) is 2. The van der Waals surface area contributed by atoms with Crippen LogP contribution in [0.4, 0.5) is 8.78 Å². The summed E-state index contributed by atoms with van der Waals surface area (Å²) in [5.74, 6) is 1.30. The van der Waals surface area contributed by atoms with Gasteiger partial charge < -0.3 is 0 Å². The maximum Gasteiger partial charge on any atom is 0.485 e. The molecule has 156 valence electrons. The van der Waals surface area contributed by atoms with Gasteiger partial charge in [-0.3, -0.25) is 9.47 Å². The van der Waals surface area contributed by atoms with Gasteiger partial charge in [0.2, 0.25) is 0 Å². The Bertz CT molecular complexity index is 767. The maximum atomic E-state index is 13.0. The molecule has 0 aromatic heterocycles. The first-order valence-corrected chi connectivity index (χ1v) is 10.8. The van der Waals surface area contributed by atoms with Gasteiger partial charge in [0.05, 0.1) is 13.2 Å². The van der Waals surface area contributed by atoms with Crippen molar-refractivity contribution in [1.29, 1.82) is 0 Å². The van der Waals surface area contributed by atoms with Gasteiger partial charge in [-0.25, -0.2) is 0 Å². The van der Waals surface area contributed by atoms with Crippen LogP contribution in [0.5, 0.6) is 0 Å². The minimum Gasteiger partial charge on any atom is -0.295 e. The Morgan fingerprint density at radius 3 is 1.93 bits per heavy atom. The lowest BCUT2D eigenvalue weighted by molar-refractivity contribution is -0.423. The molecule has 0 bridgehead atoms. The molecule has 0 unspecified atom stereocenters. The lowest BCUT2D eigenvalue weighted by atomic mass is 9.74. The number of aryl methyl sites for hydroxylation is 2. The van der Waals surface area contributed by atoms with Crippen LogP contribution >= 0.6 is 0 Å². The van der Waals surface area contributed by atoms with Crippen LogP contribution in [0.3, 0.4) is 0 Å². The number of rotatable bonds is 5. The zero-order valence-corrected chi connectivity index (χ0v) is 17.1. The van der Waals surface area contributed by atoms with E-state index in [1.165, 1.54) is 41.5 Å². The molecule has 2 nitrogen and oxygen atoms in total. The van der Waals surface area contributed by atoms with E-state index in [9.17, 15) is 8.78 Å². The minimum absolute atomic E-state index is 0.116. The van der Waals surface area contributed by atoms with Crippen molar-refractivity contribution in [3.8, 4) is 11.1 Å². The number of alkyl halides is 2. The quantitative estimate of drug-likeness (QED) is 0.562. The summed E-state index contributed by atoms with van der Waals surface area (Å²) < 4.78 is 35.0. The van der Waals surface area contributed by atoms with Crippen LogP contribution in [0.25, 0.3) is 11.1 Å². The molecule has 1 heterocycles. The molecule has 1 aliphatic carbocycles. The zero-order chi connectivity index (χ0) is 20.3. The molecule has 4 rings (SSSR count). The van der Waals surface area contributed by atoms with Crippen molar-refractivity contribution >= 4 is 0 Å². The van der Waals surface area contributed by atoms with E-state index in [4.69, 9.17) is 0 Å². The summed E-state index contributed by atoms with van der Waals surface area (Å²) in [7, 11) is 0. The summed E-state index contributed by atoms with van der Waals surface area (Å²) in [6.07, 6.45) is 3.47. The average Bonchev–Trinajstić information content (AvgIpc) is 2.74. The van der Waals surface area contributed by atoms with E-state index >= 15 is 0 Å². The summed E-state index contributed by atoms with van der Waals surface area (Å²) >= 11 is 0. The van der Waals surface area contributed by atoms with Crippen LogP contribution in [-0.4, -0.2) is 19.5 Å². The van der Waals surface area contributed by atoms with Crippen molar-refractivity contribution in [2.75, 3.05) is 13.2 Å². The second-order valence-electron chi connectivity index (χ2n) is 8.73. The molecule has 2 aliphatic rings. The number of hydrogen-bond donors (Lipinski definition) is 0. The fraction of sp³-hybridized carbons (Fsp3) is 0.520. The average molecular weight is 401 g/mol. The van der Waals surface area contributed by atoms with Gasteiger partial charge in [0.15, 0.2) is 0 Å². The Balaban J connectivity index is 1.22. The zero-order valence-electron chi connectivity index (χ0n) is 17.1. The second kappa shape index (κ2) is 8.93. The van der Waals surface area contributed by atoms with Crippen molar-refractivity contribution in [2.45, 2.75) is 51.7 Å². The fourth-order valence-electron chi connectivity index (χ4n) is 4.70. The highest BCUT2D eigenvalue weighted by molar-refractivity contribution is 5.63. The van der Waals surface area contributed by atoms with Gasteiger partial charge in [-0.15, -0.1) is 8.78 Å². The maximum absolute atomic E-state index is 13.0. The second-order valence-corrected chi connectivity index (χ2v) is 8.73. The smallest absolute Gasteiger partial charge is 0.295 e. The predicted molar refractivity (Wildman–Crippen MR) is 111 cm³/mol. The lowest BCUT2D eigenvalue weighted by Gasteiger charge is -2.37. The van der Waals surface area contributed by atoms with E-state index in [0.717, 1.165) is 25.2 Å². The molecule has 1 saturated heterocycles. The molecule has 2 fully saturated rings. The first-order valence-electron chi connectivity index (χ1n) is 10.8. The SMILES string of the molecule is Cc1ccc(-c2ccc(CCC3CCC(C4COC(F)(F)OC4)CC3)cc2)cc1. The summed E-state index contributed by atoms with van der Waals surface area (Å²) in [6.45, 7) is 2.35. The standard InChI is InChI=1S/C25H30F2O2/c1-18-2-10-21(11-3-18)22-12-6-19(7-13-22)4-5-20-8-14-23(15-9-20)24-16-28-25(26,27)29-17-24/h2-3,6-7,10-13,20,23-24H,4-5,8-9,14-17H2,1H3. The Hall–Kier alpha value is -1.78. The molecule has 4 heteroatoms. The van der Waals surface area contributed by atoms with Crippen LogP contribution < -0.4 is 0 Å². The van der Waals surface area contributed by atoms with Gasteiger partial charge in [-0.2, -0.15) is 0 Å². The highest BCUT2D eigenvalue weighted by atomic mass is 19.3. The van der Waals surface area contributed by atoms with Crippen LogP contribution in [0, 0.1) is 24.7 Å². The Morgan fingerprint density at radius 1 is 0.793 bits per heavy atom. The molecule has 0 radical (unpaired) electrons. The van der Waals surface area contributed by atoms with Crippen LogP contribution in [0.2, 0.25) is 0 Å². The third-order valence-electron chi connectivity index (χ3n) is 6.67. The number of halogens is 2. The van der Waals surface area contributed by atoms with E-state index in [0.29, 0.717) is 5.92 Å². The first-order chi connectivity index (χ1) is 14.0. The van der Waals surface area contributed by atoms with Crippen LogP contribution in [0.15, 0.2) is 48.5 Å². The molecule has 0 N–H and O–H groups in total. The molecule has 2 aromatic rings. The normalized spacial score (nSPS) is 25.1. The number of hydrogen-bond acceptors (Lipinski definition) is 2. The van der Waals surface area contributed by atoms with E-state index in [1.54, 1.807) is 0 Å². The minimum atomic E-state index is -3.39. The summed E-state index contributed by atoms with van der Waals surface area (Å²) in [6, 6.07) is 17.6. The van der Waals surface area contributed by atoms with Crippen molar-refractivity contribution in [3.63, 3.8) is 0 Å². The van der Waals surface area contributed by atoms with Gasteiger partial charge in [0, 0.05) is 5.92 Å². The van der Waals surface area contributed by atoms with Gasteiger partial charge >= 0.3 is 6.29 Å². The molecule has 0 amide bonds. The van der Waals surface area contributed by atoms with E-state index < -0.39 is 6.29 Å². The van der Waals surface area contributed by atoms with Crippen molar-refractivity contribution in [3.05, 3.63) is 59.7 Å². The Kier molecular flexibility index (Phi) is 6.31. The van der Waals surface area contributed by atoms with Gasteiger partial charge in [-0.1, -0.05) is 66.9 Å². The van der Waals surface area contributed by atoms with E-state index in [1.807, 2.05) is 0 Å². The molecule has 29 heavy (non-hydrogen) atoms. The fourth-order valence-corrected chi connectivity index (χ4v) is 4.70. The molecular formula is C25H30F2O2. The lowest BCUT2D eigenvalue weighted by Crippen LogP contribution is -2.41. The van der Waals surface area contributed by atoms with Crippen LogP contribution in [0.1, 0.15) is 43.2 Å². The first kappa shape index (κ1) is 20.5.